The van der Waals surface area contributed by atoms with Crippen molar-refractivity contribution < 1.29 is 19.4 Å². The largest absolute Gasteiger partial charge is 0.492 e. The first kappa shape index (κ1) is 25.7. The zero-order chi connectivity index (χ0) is 25.5. The lowest BCUT2D eigenvalue weighted by molar-refractivity contribution is -0.132. The lowest BCUT2D eigenvalue weighted by Gasteiger charge is -2.32. The van der Waals surface area contributed by atoms with Gasteiger partial charge in [-0.1, -0.05) is 29.8 Å². The summed E-state index contributed by atoms with van der Waals surface area (Å²) in [6.45, 7) is 9.52. The van der Waals surface area contributed by atoms with Crippen molar-refractivity contribution in [1.82, 2.24) is 19.4 Å². The number of nitrogens with zero attached hydrogens (tertiary/aromatic N) is 4. The van der Waals surface area contributed by atoms with Crippen LogP contribution in [0.3, 0.4) is 0 Å². The van der Waals surface area contributed by atoms with E-state index in [0.29, 0.717) is 38.5 Å². The zero-order valence-corrected chi connectivity index (χ0v) is 21.4. The quantitative estimate of drug-likeness (QED) is 0.495. The first-order chi connectivity index (χ1) is 17.3. The molecular formula is C28H36N4O4. The van der Waals surface area contributed by atoms with Gasteiger partial charge in [-0.25, -0.2) is 4.98 Å². The fraction of sp³-hybridized carbons (Fsp3) is 0.429. The summed E-state index contributed by atoms with van der Waals surface area (Å²) in [5, 5.41) is 11.5. The minimum atomic E-state index is -1.18. The fourth-order valence-corrected chi connectivity index (χ4v) is 4.44. The number of imidazole rings is 1. The molecule has 1 aliphatic rings. The Bertz CT molecular complexity index is 1130. The van der Waals surface area contributed by atoms with Crippen molar-refractivity contribution >= 4 is 5.91 Å². The summed E-state index contributed by atoms with van der Waals surface area (Å²) in [5.41, 5.74) is 1.08. The number of rotatable bonds is 9. The Morgan fingerprint density at radius 3 is 2.36 bits per heavy atom. The summed E-state index contributed by atoms with van der Waals surface area (Å²) < 4.78 is 13.9. The monoisotopic (exact) mass is 492 g/mol. The number of hydrogen-bond acceptors (Lipinski definition) is 6. The van der Waals surface area contributed by atoms with Gasteiger partial charge in [-0.3, -0.25) is 9.69 Å². The Hall–Kier alpha value is -3.36. The van der Waals surface area contributed by atoms with E-state index in [1.165, 1.54) is 0 Å². The molecule has 1 amide bonds. The number of benzene rings is 2. The molecule has 0 unspecified atom stereocenters. The molecule has 8 nitrogen and oxygen atoms in total. The number of carbonyl (C=O) groups is 1. The van der Waals surface area contributed by atoms with Crippen molar-refractivity contribution in [2.75, 3.05) is 39.4 Å². The van der Waals surface area contributed by atoms with Crippen LogP contribution in [0.4, 0.5) is 0 Å². The highest BCUT2D eigenvalue weighted by atomic mass is 16.5. The Morgan fingerprint density at radius 1 is 1.00 bits per heavy atom. The molecule has 192 valence electrons. The highest BCUT2D eigenvalue weighted by molar-refractivity contribution is 5.73. The van der Waals surface area contributed by atoms with E-state index in [1.807, 2.05) is 68.6 Å². The van der Waals surface area contributed by atoms with E-state index >= 15 is 0 Å². The molecule has 0 spiro atoms. The maximum Gasteiger partial charge on any atom is 0.219 e. The topological polar surface area (TPSA) is 80.1 Å². The SMILES string of the molecule is CC(=O)N1CCN(Cc2ccc(OCCn3ccnc3C)cc2)C[C@](O)(COc2ccc(C)cc2)C1. The van der Waals surface area contributed by atoms with E-state index in [1.54, 1.807) is 18.0 Å². The number of aromatic nitrogens is 2. The second-order valence-electron chi connectivity index (χ2n) is 9.64. The zero-order valence-electron chi connectivity index (χ0n) is 21.4. The van der Waals surface area contributed by atoms with E-state index in [0.717, 1.165) is 29.2 Å². The van der Waals surface area contributed by atoms with Gasteiger partial charge >= 0.3 is 0 Å². The standard InChI is InChI=1S/C28H36N4O4/c1-22-4-8-27(9-5-22)36-21-28(34)19-30(14-15-32(20-28)24(3)33)18-25-6-10-26(11-7-25)35-17-16-31-13-12-29-23(31)2/h4-13,34H,14-21H2,1-3H3/t28-/m1/s1. The van der Waals surface area contributed by atoms with E-state index in [-0.39, 0.29) is 19.1 Å². The van der Waals surface area contributed by atoms with Crippen LogP contribution in [0.1, 0.15) is 23.9 Å². The Morgan fingerprint density at radius 2 is 1.69 bits per heavy atom. The van der Waals surface area contributed by atoms with Gasteiger partial charge in [0.1, 0.15) is 36.1 Å². The van der Waals surface area contributed by atoms with Gasteiger partial charge < -0.3 is 24.0 Å². The predicted molar refractivity (Wildman–Crippen MR) is 138 cm³/mol. The third kappa shape index (κ3) is 7.08. The molecule has 1 fully saturated rings. The van der Waals surface area contributed by atoms with Crippen molar-refractivity contribution in [3.63, 3.8) is 0 Å². The van der Waals surface area contributed by atoms with Crippen LogP contribution in [-0.2, 0) is 17.9 Å². The highest BCUT2D eigenvalue weighted by Crippen LogP contribution is 2.21. The molecule has 0 aliphatic carbocycles. The van der Waals surface area contributed by atoms with Crippen molar-refractivity contribution in [2.45, 2.75) is 39.5 Å². The maximum absolute atomic E-state index is 12.2. The smallest absolute Gasteiger partial charge is 0.219 e. The molecule has 0 bridgehead atoms. The summed E-state index contributed by atoms with van der Waals surface area (Å²) in [6.07, 6.45) is 3.74. The number of ether oxygens (including phenoxy) is 2. The minimum Gasteiger partial charge on any atom is -0.492 e. The fourth-order valence-electron chi connectivity index (χ4n) is 4.44. The van der Waals surface area contributed by atoms with Crippen molar-refractivity contribution in [1.29, 1.82) is 0 Å². The number of hydrogen-bond donors (Lipinski definition) is 1. The minimum absolute atomic E-state index is 0.0435. The Kier molecular flexibility index (Phi) is 8.28. The average molecular weight is 493 g/mol. The average Bonchev–Trinajstić information content (AvgIpc) is 3.18. The lowest BCUT2D eigenvalue weighted by Crippen LogP contribution is -2.51. The van der Waals surface area contributed by atoms with Crippen LogP contribution in [0.15, 0.2) is 60.9 Å². The van der Waals surface area contributed by atoms with Crippen LogP contribution in [0.2, 0.25) is 0 Å². The molecule has 1 saturated heterocycles. The summed E-state index contributed by atoms with van der Waals surface area (Å²) in [4.78, 5) is 20.3. The molecular weight excluding hydrogens is 456 g/mol. The van der Waals surface area contributed by atoms with Crippen LogP contribution >= 0.6 is 0 Å². The van der Waals surface area contributed by atoms with E-state index in [4.69, 9.17) is 9.47 Å². The van der Waals surface area contributed by atoms with E-state index < -0.39 is 5.60 Å². The maximum atomic E-state index is 12.2. The molecule has 1 aliphatic heterocycles. The van der Waals surface area contributed by atoms with Gasteiger partial charge in [0, 0.05) is 45.5 Å². The molecule has 1 atom stereocenters. The number of carbonyl (C=O) groups excluding carboxylic acids is 1. The van der Waals surface area contributed by atoms with Gasteiger partial charge in [-0.2, -0.15) is 0 Å². The van der Waals surface area contributed by atoms with Crippen molar-refractivity contribution in [3.05, 3.63) is 77.9 Å². The number of β-amino-alcohol motifs (C(OH)–C–C–N with tert-alkyl or cyclic N) is 1. The molecule has 1 N–H and O–H groups in total. The van der Waals surface area contributed by atoms with Crippen molar-refractivity contribution in [2.24, 2.45) is 0 Å². The Labute approximate surface area is 213 Å². The van der Waals surface area contributed by atoms with Crippen LogP contribution in [0.5, 0.6) is 11.5 Å². The van der Waals surface area contributed by atoms with Gasteiger partial charge in [0.25, 0.3) is 0 Å². The number of amides is 1. The summed E-state index contributed by atoms with van der Waals surface area (Å²) in [6, 6.07) is 15.8. The molecule has 1 aromatic heterocycles. The van der Waals surface area contributed by atoms with Crippen LogP contribution in [-0.4, -0.2) is 75.4 Å². The second kappa shape index (κ2) is 11.6. The van der Waals surface area contributed by atoms with Gasteiger partial charge in [0.2, 0.25) is 5.91 Å². The lowest BCUT2D eigenvalue weighted by atomic mass is 10.0. The molecule has 0 saturated carbocycles. The third-order valence-electron chi connectivity index (χ3n) is 6.52. The van der Waals surface area contributed by atoms with Crippen LogP contribution in [0.25, 0.3) is 0 Å². The number of aliphatic hydroxyl groups is 1. The van der Waals surface area contributed by atoms with Crippen molar-refractivity contribution in [3.8, 4) is 11.5 Å². The molecule has 2 aromatic carbocycles. The van der Waals surface area contributed by atoms with Gasteiger partial charge in [-0.05, 0) is 43.7 Å². The van der Waals surface area contributed by atoms with E-state index in [2.05, 4.69) is 14.5 Å². The normalized spacial score (nSPS) is 18.6. The summed E-state index contributed by atoms with van der Waals surface area (Å²) in [5.74, 6) is 2.45. The third-order valence-corrected chi connectivity index (χ3v) is 6.52. The van der Waals surface area contributed by atoms with Crippen LogP contribution in [0, 0.1) is 13.8 Å². The van der Waals surface area contributed by atoms with Gasteiger partial charge in [0.15, 0.2) is 0 Å². The number of aryl methyl sites for hydroxylation is 2. The second-order valence-corrected chi connectivity index (χ2v) is 9.64. The molecule has 3 aromatic rings. The molecule has 4 rings (SSSR count). The molecule has 0 radical (unpaired) electrons. The molecule has 36 heavy (non-hydrogen) atoms. The molecule has 8 heteroatoms. The first-order valence-corrected chi connectivity index (χ1v) is 12.4. The van der Waals surface area contributed by atoms with E-state index in [9.17, 15) is 9.90 Å². The predicted octanol–water partition coefficient (Wildman–Crippen LogP) is 3.05. The highest BCUT2D eigenvalue weighted by Gasteiger charge is 2.36. The summed E-state index contributed by atoms with van der Waals surface area (Å²) in [7, 11) is 0. The molecule has 2 heterocycles. The Balaban J connectivity index is 1.35. The first-order valence-electron chi connectivity index (χ1n) is 12.4. The van der Waals surface area contributed by atoms with Gasteiger partial charge in [0.05, 0.1) is 13.1 Å². The summed E-state index contributed by atoms with van der Waals surface area (Å²) >= 11 is 0. The van der Waals surface area contributed by atoms with Gasteiger partial charge in [-0.15, -0.1) is 0 Å². The van der Waals surface area contributed by atoms with Crippen LogP contribution < -0.4 is 9.47 Å².